The summed E-state index contributed by atoms with van der Waals surface area (Å²) in [6.07, 6.45) is 1.69. The molecule has 2 heterocycles. The summed E-state index contributed by atoms with van der Waals surface area (Å²) in [4.78, 5) is 25.8. The summed E-state index contributed by atoms with van der Waals surface area (Å²) in [7, 11) is 3.54. The third-order valence-electron chi connectivity index (χ3n) is 6.25. The zero-order valence-corrected chi connectivity index (χ0v) is 20.3. The zero-order chi connectivity index (χ0) is 25.8. The molecule has 2 aliphatic rings. The molecule has 4 rings (SSSR count). The van der Waals surface area contributed by atoms with Crippen molar-refractivity contribution >= 4 is 34.9 Å². The predicted molar refractivity (Wildman–Crippen MR) is 135 cm³/mol. The maximum Gasteiger partial charge on any atom is 0.320 e. The van der Waals surface area contributed by atoms with Crippen molar-refractivity contribution in [2.75, 3.05) is 32.5 Å². The molecule has 5 N–H and O–H groups in total. The lowest BCUT2D eigenvalue weighted by molar-refractivity contribution is -0.139. The van der Waals surface area contributed by atoms with Gasteiger partial charge in [0, 0.05) is 43.0 Å². The van der Waals surface area contributed by atoms with Gasteiger partial charge in [0.25, 0.3) is 5.91 Å². The van der Waals surface area contributed by atoms with Crippen molar-refractivity contribution in [3.05, 3.63) is 64.5 Å². The van der Waals surface area contributed by atoms with Crippen LogP contribution in [-0.2, 0) is 27.4 Å². The average Bonchev–Trinajstić information content (AvgIpc) is 3.38. The van der Waals surface area contributed by atoms with E-state index in [0.29, 0.717) is 67.5 Å². The summed E-state index contributed by atoms with van der Waals surface area (Å²) in [6.45, 7) is 1.32. The Hall–Kier alpha value is -3.92. The lowest BCUT2D eigenvalue weighted by Crippen LogP contribution is -2.39. The molecule has 2 aromatic rings. The lowest BCUT2D eigenvalue weighted by Gasteiger charge is -2.17. The monoisotopic (exact) mass is 495 g/mol. The van der Waals surface area contributed by atoms with E-state index in [1.54, 1.807) is 19.0 Å². The summed E-state index contributed by atoms with van der Waals surface area (Å²) in [5.74, 6) is -0.908. The quantitative estimate of drug-likeness (QED) is 0.157. The molecule has 9 nitrogen and oxygen atoms in total. The molecule has 0 bridgehead atoms. The number of nitrogens with one attached hydrogen (secondary N) is 4. The minimum atomic E-state index is -0.900. The minimum Gasteiger partial charge on any atom is -0.487 e. The first-order valence-electron chi connectivity index (χ1n) is 11.8. The van der Waals surface area contributed by atoms with Gasteiger partial charge >= 0.3 is 5.97 Å². The fraction of sp³-hybridized carbons (Fsp3) is 0.346. The fourth-order valence-electron chi connectivity index (χ4n) is 4.32. The van der Waals surface area contributed by atoms with Crippen LogP contribution in [0.3, 0.4) is 0 Å². The van der Waals surface area contributed by atoms with Crippen LogP contribution >= 0.6 is 0 Å². The highest BCUT2D eigenvalue weighted by molar-refractivity contribution is 6.36. The van der Waals surface area contributed by atoms with Gasteiger partial charge in [-0.25, -0.2) is 4.39 Å². The molecule has 1 atom stereocenters. The van der Waals surface area contributed by atoms with Gasteiger partial charge in [-0.3, -0.25) is 15.0 Å². The van der Waals surface area contributed by atoms with Gasteiger partial charge in [0.1, 0.15) is 24.2 Å². The van der Waals surface area contributed by atoms with Crippen LogP contribution in [0.25, 0.3) is 11.3 Å². The maximum absolute atomic E-state index is 13.8. The molecule has 1 amide bonds. The number of ether oxygens (including phenoxy) is 1. The van der Waals surface area contributed by atoms with Gasteiger partial charge in [-0.2, -0.15) is 0 Å². The molecule has 0 radical (unpaired) electrons. The second-order valence-electron chi connectivity index (χ2n) is 9.04. The van der Waals surface area contributed by atoms with Crippen LogP contribution < -0.4 is 16.0 Å². The molecular formula is C26H30FN5O4. The molecule has 0 aliphatic carbocycles. The molecule has 0 unspecified atom stereocenters. The van der Waals surface area contributed by atoms with Crippen molar-refractivity contribution in [3.63, 3.8) is 0 Å². The van der Waals surface area contributed by atoms with Crippen molar-refractivity contribution in [1.82, 2.24) is 15.5 Å². The molecule has 2 aromatic carbocycles. The van der Waals surface area contributed by atoms with E-state index in [-0.39, 0.29) is 5.91 Å². The van der Waals surface area contributed by atoms with Gasteiger partial charge in [0.05, 0.1) is 5.57 Å². The van der Waals surface area contributed by atoms with E-state index in [9.17, 15) is 19.1 Å². The Morgan fingerprint density at radius 1 is 1.22 bits per heavy atom. The van der Waals surface area contributed by atoms with E-state index in [2.05, 4.69) is 16.0 Å². The molecule has 190 valence electrons. The molecule has 0 spiro atoms. The van der Waals surface area contributed by atoms with Crippen molar-refractivity contribution in [3.8, 4) is 0 Å². The van der Waals surface area contributed by atoms with Gasteiger partial charge in [0.2, 0.25) is 0 Å². The van der Waals surface area contributed by atoms with Crippen LogP contribution in [0.2, 0.25) is 0 Å². The van der Waals surface area contributed by atoms with Gasteiger partial charge in [0.15, 0.2) is 5.96 Å². The number of fused-ring (bicyclic) bond motifs is 2. The van der Waals surface area contributed by atoms with Crippen LogP contribution in [0.4, 0.5) is 10.1 Å². The van der Waals surface area contributed by atoms with Gasteiger partial charge in [-0.15, -0.1) is 0 Å². The molecule has 36 heavy (non-hydrogen) atoms. The number of carbonyl (C=O) groups is 2. The second kappa shape index (κ2) is 10.8. The fourth-order valence-corrected chi connectivity index (χ4v) is 4.32. The van der Waals surface area contributed by atoms with E-state index in [4.69, 9.17) is 10.1 Å². The predicted octanol–water partition coefficient (Wildman–Crippen LogP) is 2.63. The minimum absolute atomic E-state index is 0.291. The van der Waals surface area contributed by atoms with Crippen molar-refractivity contribution in [1.29, 1.82) is 5.41 Å². The van der Waals surface area contributed by atoms with Crippen molar-refractivity contribution < 1.29 is 23.8 Å². The molecule has 0 fully saturated rings. The third-order valence-corrected chi connectivity index (χ3v) is 6.25. The van der Waals surface area contributed by atoms with Crippen molar-refractivity contribution in [2.24, 2.45) is 0 Å². The Labute approximate surface area is 208 Å². The van der Waals surface area contributed by atoms with Crippen LogP contribution in [0.5, 0.6) is 0 Å². The first-order valence-corrected chi connectivity index (χ1v) is 11.8. The molecule has 0 saturated heterocycles. The number of hydrogen-bond acceptors (Lipinski definition) is 5. The number of nitrogens with zero attached hydrogens (tertiary/aromatic N) is 1. The number of carbonyl (C=O) groups excluding carboxylic acids is 1. The third kappa shape index (κ3) is 5.49. The molecule has 0 saturated carbocycles. The molecule has 0 aromatic heterocycles. The highest BCUT2D eigenvalue weighted by atomic mass is 19.1. The van der Waals surface area contributed by atoms with E-state index < -0.39 is 17.8 Å². The summed E-state index contributed by atoms with van der Waals surface area (Å²) in [5.41, 5.74) is 4.12. The lowest BCUT2D eigenvalue weighted by atomic mass is 9.98. The van der Waals surface area contributed by atoms with E-state index >= 15 is 0 Å². The SMILES string of the molecule is CN(C)C(=N)NCCC[C@H](NCCc1ccc2c(c1)CO/C2=C1/C(=O)Nc2ccc(F)cc21)C(=O)O. The van der Waals surface area contributed by atoms with E-state index in [0.717, 1.165) is 16.7 Å². The van der Waals surface area contributed by atoms with Crippen molar-refractivity contribution in [2.45, 2.75) is 31.9 Å². The summed E-state index contributed by atoms with van der Waals surface area (Å²) < 4.78 is 19.7. The Kier molecular flexibility index (Phi) is 7.54. The Balaban J connectivity index is 1.37. The number of hydrogen-bond donors (Lipinski definition) is 5. The Bertz CT molecular complexity index is 1230. The average molecular weight is 496 g/mol. The first-order chi connectivity index (χ1) is 17.2. The normalized spacial score (nSPS) is 16.6. The first kappa shape index (κ1) is 25.2. The smallest absolute Gasteiger partial charge is 0.320 e. The number of carboxylic acids is 1. The number of anilines is 1. The summed E-state index contributed by atoms with van der Waals surface area (Å²) >= 11 is 0. The topological polar surface area (TPSA) is 127 Å². The summed E-state index contributed by atoms with van der Waals surface area (Å²) in [6, 6.07) is 9.33. The number of rotatable bonds is 9. The van der Waals surface area contributed by atoms with Gasteiger partial charge < -0.3 is 30.7 Å². The largest absolute Gasteiger partial charge is 0.487 e. The van der Waals surface area contributed by atoms with Gasteiger partial charge in [-0.1, -0.05) is 18.2 Å². The Morgan fingerprint density at radius 2 is 2.03 bits per heavy atom. The summed E-state index contributed by atoms with van der Waals surface area (Å²) in [5, 5.41) is 26.0. The maximum atomic E-state index is 13.8. The van der Waals surface area contributed by atoms with E-state index in [1.165, 1.54) is 18.2 Å². The highest BCUT2D eigenvalue weighted by Gasteiger charge is 2.32. The molecule has 2 aliphatic heterocycles. The Morgan fingerprint density at radius 3 is 2.78 bits per heavy atom. The number of amides is 1. The van der Waals surface area contributed by atoms with Crippen LogP contribution in [0.1, 0.15) is 35.1 Å². The standard InChI is InChI=1S/C26H30FN5O4/c1-32(2)26(28)30-10-3-4-21(25(34)35)29-11-9-15-5-7-18-16(12-15)14-36-23(18)22-19-13-17(27)6-8-20(19)31-24(22)33/h5-8,12-13,21,29H,3-4,9-11,14H2,1-2H3,(H2,28,30)(H,31,33)(H,34,35)/b23-22+/t21-/m0/s1. The molecular weight excluding hydrogens is 465 g/mol. The van der Waals surface area contributed by atoms with Crippen LogP contribution in [0, 0.1) is 11.2 Å². The molecule has 10 heteroatoms. The van der Waals surface area contributed by atoms with Gasteiger partial charge in [-0.05, 0) is 49.6 Å². The van der Waals surface area contributed by atoms with Crippen LogP contribution in [-0.4, -0.2) is 61.1 Å². The number of guanidine groups is 1. The van der Waals surface area contributed by atoms with Crippen LogP contribution in [0.15, 0.2) is 36.4 Å². The highest BCUT2D eigenvalue weighted by Crippen LogP contribution is 2.41. The second-order valence-corrected chi connectivity index (χ2v) is 9.04. The number of halogens is 1. The number of carboxylic acid groups (broad SMARTS) is 1. The number of benzene rings is 2. The van der Waals surface area contributed by atoms with E-state index in [1.807, 2.05) is 18.2 Å². The zero-order valence-electron chi connectivity index (χ0n) is 20.3. The number of aliphatic carboxylic acids is 1.